The third-order valence-electron chi connectivity index (χ3n) is 4.19. The van der Waals surface area contributed by atoms with Crippen LogP contribution in [0.15, 0.2) is 18.2 Å². The molecule has 1 saturated heterocycles. The first-order chi connectivity index (χ1) is 10.0. The van der Waals surface area contributed by atoms with Crippen LogP contribution >= 0.6 is 0 Å². The first kappa shape index (κ1) is 15.8. The van der Waals surface area contributed by atoms with E-state index in [2.05, 4.69) is 25.2 Å². The average molecular weight is 290 g/mol. The lowest BCUT2D eigenvalue weighted by atomic mass is 9.92. The number of piperidine rings is 1. The van der Waals surface area contributed by atoms with E-state index in [-0.39, 0.29) is 11.8 Å². The molecule has 1 amide bonds. The molecule has 1 aromatic rings. The van der Waals surface area contributed by atoms with Crippen LogP contribution in [0.1, 0.15) is 30.9 Å². The third kappa shape index (κ3) is 3.97. The van der Waals surface area contributed by atoms with Gasteiger partial charge < -0.3 is 15.0 Å². The van der Waals surface area contributed by atoms with E-state index in [1.165, 1.54) is 5.56 Å². The highest BCUT2D eigenvalue weighted by Gasteiger charge is 2.27. The largest absolute Gasteiger partial charge is 0.496 e. The molecule has 2 rings (SSSR count). The quantitative estimate of drug-likeness (QED) is 0.925. The van der Waals surface area contributed by atoms with E-state index in [9.17, 15) is 4.79 Å². The van der Waals surface area contributed by atoms with Gasteiger partial charge in [0.1, 0.15) is 5.75 Å². The minimum absolute atomic E-state index is 0.141. The number of amides is 1. The third-order valence-corrected chi connectivity index (χ3v) is 4.19. The van der Waals surface area contributed by atoms with Gasteiger partial charge >= 0.3 is 0 Å². The van der Waals surface area contributed by atoms with Crippen molar-refractivity contribution in [2.75, 3.05) is 20.7 Å². The highest BCUT2D eigenvalue weighted by atomic mass is 16.5. The fourth-order valence-corrected chi connectivity index (χ4v) is 3.03. The molecule has 1 aliphatic rings. The molecular weight excluding hydrogens is 264 g/mol. The highest BCUT2D eigenvalue weighted by Crippen LogP contribution is 2.23. The zero-order chi connectivity index (χ0) is 15.4. The fraction of sp³-hybridized carbons (Fsp3) is 0.588. The molecule has 1 heterocycles. The Labute approximate surface area is 127 Å². The average Bonchev–Trinajstić information content (AvgIpc) is 2.46. The second kappa shape index (κ2) is 6.94. The second-order valence-electron chi connectivity index (χ2n) is 6.09. The van der Waals surface area contributed by atoms with Crippen LogP contribution in [-0.2, 0) is 11.3 Å². The van der Waals surface area contributed by atoms with Crippen LogP contribution in [0.2, 0.25) is 0 Å². The van der Waals surface area contributed by atoms with Crippen molar-refractivity contribution in [2.24, 2.45) is 5.92 Å². The lowest BCUT2D eigenvalue weighted by Crippen LogP contribution is -2.42. The van der Waals surface area contributed by atoms with Crippen molar-refractivity contribution in [1.29, 1.82) is 0 Å². The van der Waals surface area contributed by atoms with Crippen molar-refractivity contribution in [3.63, 3.8) is 0 Å². The summed E-state index contributed by atoms with van der Waals surface area (Å²) >= 11 is 0. The van der Waals surface area contributed by atoms with Crippen LogP contribution in [0.25, 0.3) is 0 Å². The summed E-state index contributed by atoms with van der Waals surface area (Å²) in [6.07, 6.45) is 1.85. The van der Waals surface area contributed by atoms with E-state index in [4.69, 9.17) is 4.74 Å². The predicted octanol–water partition coefficient (Wildman–Crippen LogP) is 2.35. The SMILES string of the molecule is COc1ccc(C)cc1CN(C)C(=O)C1CCNC(C)C1. The number of methoxy groups -OCH3 is 1. The number of hydrogen-bond acceptors (Lipinski definition) is 3. The van der Waals surface area contributed by atoms with Crippen molar-refractivity contribution in [3.8, 4) is 5.75 Å². The fourth-order valence-electron chi connectivity index (χ4n) is 3.03. The Morgan fingerprint density at radius 1 is 1.48 bits per heavy atom. The number of nitrogens with zero attached hydrogens (tertiary/aromatic N) is 1. The van der Waals surface area contributed by atoms with Crippen molar-refractivity contribution in [1.82, 2.24) is 10.2 Å². The van der Waals surface area contributed by atoms with Crippen LogP contribution in [-0.4, -0.2) is 37.6 Å². The summed E-state index contributed by atoms with van der Waals surface area (Å²) in [5, 5.41) is 3.39. The van der Waals surface area contributed by atoms with Gasteiger partial charge in [-0.25, -0.2) is 0 Å². The lowest BCUT2D eigenvalue weighted by molar-refractivity contribution is -0.135. The van der Waals surface area contributed by atoms with Crippen LogP contribution in [0.3, 0.4) is 0 Å². The van der Waals surface area contributed by atoms with Crippen LogP contribution in [0, 0.1) is 12.8 Å². The minimum atomic E-state index is 0.141. The van der Waals surface area contributed by atoms with Gasteiger partial charge in [-0.2, -0.15) is 0 Å². The molecule has 1 aliphatic heterocycles. The van der Waals surface area contributed by atoms with E-state index in [1.54, 1.807) is 7.11 Å². The molecule has 0 aliphatic carbocycles. The molecule has 2 unspecified atom stereocenters. The molecule has 0 spiro atoms. The summed E-state index contributed by atoms with van der Waals surface area (Å²) in [4.78, 5) is 14.4. The maximum absolute atomic E-state index is 12.6. The maximum atomic E-state index is 12.6. The summed E-state index contributed by atoms with van der Waals surface area (Å²) in [6.45, 7) is 5.73. The van der Waals surface area contributed by atoms with Crippen molar-refractivity contribution >= 4 is 5.91 Å². The van der Waals surface area contributed by atoms with E-state index >= 15 is 0 Å². The Hall–Kier alpha value is -1.55. The molecule has 116 valence electrons. The standard InChI is InChI=1S/C17H26N2O2/c1-12-5-6-16(21-4)15(9-12)11-19(3)17(20)14-7-8-18-13(2)10-14/h5-6,9,13-14,18H,7-8,10-11H2,1-4H3. The molecule has 0 radical (unpaired) electrons. The highest BCUT2D eigenvalue weighted by molar-refractivity contribution is 5.78. The Bertz CT molecular complexity index is 502. The normalized spacial score (nSPS) is 21.9. The number of ether oxygens (including phenoxy) is 1. The molecule has 1 N–H and O–H groups in total. The number of rotatable bonds is 4. The molecular formula is C17H26N2O2. The van der Waals surface area contributed by atoms with Gasteiger partial charge in [-0.1, -0.05) is 17.7 Å². The van der Waals surface area contributed by atoms with Gasteiger partial charge in [0.15, 0.2) is 0 Å². The molecule has 0 aromatic heterocycles. The van der Waals surface area contributed by atoms with Gasteiger partial charge in [0.2, 0.25) is 5.91 Å². The van der Waals surface area contributed by atoms with Gasteiger partial charge in [-0.15, -0.1) is 0 Å². The molecule has 0 saturated carbocycles. The van der Waals surface area contributed by atoms with Crippen molar-refractivity contribution in [2.45, 2.75) is 39.3 Å². The van der Waals surface area contributed by atoms with Crippen LogP contribution in [0.5, 0.6) is 5.75 Å². The molecule has 0 bridgehead atoms. The topological polar surface area (TPSA) is 41.6 Å². The van der Waals surface area contributed by atoms with Gasteiger partial charge in [0, 0.05) is 31.1 Å². The summed E-state index contributed by atoms with van der Waals surface area (Å²) in [5.41, 5.74) is 2.25. The summed E-state index contributed by atoms with van der Waals surface area (Å²) in [6, 6.07) is 6.51. The van der Waals surface area contributed by atoms with Gasteiger partial charge in [0.25, 0.3) is 0 Å². The minimum Gasteiger partial charge on any atom is -0.496 e. The Kier molecular flexibility index (Phi) is 5.23. The number of carbonyl (C=O) groups excluding carboxylic acids is 1. The Balaban J connectivity index is 2.05. The first-order valence-corrected chi connectivity index (χ1v) is 7.63. The molecule has 4 nitrogen and oxygen atoms in total. The van der Waals surface area contributed by atoms with E-state index in [0.717, 1.165) is 30.7 Å². The number of aryl methyl sites for hydroxylation is 1. The van der Waals surface area contributed by atoms with Crippen molar-refractivity contribution < 1.29 is 9.53 Å². The van der Waals surface area contributed by atoms with Gasteiger partial charge in [-0.3, -0.25) is 4.79 Å². The zero-order valence-electron chi connectivity index (χ0n) is 13.5. The van der Waals surface area contributed by atoms with Crippen molar-refractivity contribution in [3.05, 3.63) is 29.3 Å². The molecule has 2 atom stereocenters. The molecule has 1 aromatic carbocycles. The monoisotopic (exact) mass is 290 g/mol. The molecule has 21 heavy (non-hydrogen) atoms. The number of hydrogen-bond donors (Lipinski definition) is 1. The number of nitrogens with one attached hydrogen (secondary N) is 1. The Morgan fingerprint density at radius 2 is 2.24 bits per heavy atom. The molecule has 1 fully saturated rings. The first-order valence-electron chi connectivity index (χ1n) is 7.63. The van der Waals surface area contributed by atoms with Crippen LogP contribution < -0.4 is 10.1 Å². The predicted molar refractivity (Wildman–Crippen MR) is 84.4 cm³/mol. The number of carbonyl (C=O) groups is 1. The zero-order valence-corrected chi connectivity index (χ0v) is 13.5. The maximum Gasteiger partial charge on any atom is 0.225 e. The molecule has 4 heteroatoms. The van der Waals surface area contributed by atoms with Gasteiger partial charge in [-0.05, 0) is 39.3 Å². The Morgan fingerprint density at radius 3 is 2.90 bits per heavy atom. The van der Waals surface area contributed by atoms with E-state index < -0.39 is 0 Å². The lowest BCUT2D eigenvalue weighted by Gasteiger charge is -2.30. The summed E-state index contributed by atoms with van der Waals surface area (Å²) < 4.78 is 5.40. The second-order valence-corrected chi connectivity index (χ2v) is 6.09. The summed E-state index contributed by atoms with van der Waals surface area (Å²) in [5.74, 6) is 1.23. The van der Waals surface area contributed by atoms with Crippen LogP contribution in [0.4, 0.5) is 0 Å². The number of benzene rings is 1. The smallest absolute Gasteiger partial charge is 0.225 e. The summed E-state index contributed by atoms with van der Waals surface area (Å²) in [7, 11) is 3.56. The van der Waals surface area contributed by atoms with E-state index in [1.807, 2.05) is 24.1 Å². The van der Waals surface area contributed by atoms with Gasteiger partial charge in [0.05, 0.1) is 7.11 Å². The van der Waals surface area contributed by atoms with E-state index in [0.29, 0.717) is 12.6 Å².